The summed E-state index contributed by atoms with van der Waals surface area (Å²) in [6.07, 6.45) is 7.08. The highest BCUT2D eigenvalue weighted by Crippen LogP contribution is 2.38. The minimum Gasteiger partial charge on any atom is -0.368 e. The van der Waals surface area contributed by atoms with Crippen LogP contribution in [0.1, 0.15) is 38.5 Å². The molecule has 7 heteroatoms. The van der Waals surface area contributed by atoms with Crippen LogP contribution in [0.4, 0.5) is 0 Å². The Morgan fingerprint density at radius 1 is 0.680 bits per heavy atom. The van der Waals surface area contributed by atoms with Crippen molar-refractivity contribution < 1.29 is 4.79 Å². The molecule has 0 saturated carbocycles. The molecule has 0 aromatic heterocycles. The molecule has 0 unspecified atom stereocenters. The van der Waals surface area contributed by atoms with Crippen LogP contribution in [0.2, 0.25) is 0 Å². The van der Waals surface area contributed by atoms with Crippen molar-refractivity contribution in [2.75, 3.05) is 39.3 Å². The monoisotopic (exact) mass is 340 g/mol. The lowest BCUT2D eigenvalue weighted by Gasteiger charge is -2.35. The van der Waals surface area contributed by atoms with E-state index in [9.17, 15) is 4.79 Å². The van der Waals surface area contributed by atoms with E-state index < -0.39 is 0 Å². The maximum Gasteiger partial charge on any atom is 0.308 e. The number of Topliss-reactive ketones (excluding diaryl/α,β-unsaturated/α-hetero) is 1. The third-order valence-electron chi connectivity index (χ3n) is 5.88. The zero-order valence-electron chi connectivity index (χ0n) is 14.6. The summed E-state index contributed by atoms with van der Waals surface area (Å²) in [4.78, 5) is 20.4. The molecule has 0 amide bonds. The average molecular weight is 340 g/mol. The lowest BCUT2D eigenvalue weighted by molar-refractivity contribution is -0.111. The van der Waals surface area contributed by atoms with Crippen LogP contribution in [0.25, 0.3) is 0 Å². The molecule has 3 saturated heterocycles. The van der Waals surface area contributed by atoms with Gasteiger partial charge in [0.1, 0.15) is 11.4 Å². The molecular formula is C18H24N6O+. The molecule has 7 nitrogen and oxygen atoms in total. The fraction of sp³-hybridized carbons (Fsp3) is 0.667. The van der Waals surface area contributed by atoms with E-state index in [1.807, 2.05) is 0 Å². The molecule has 5 aliphatic rings. The lowest BCUT2D eigenvalue weighted by atomic mass is 9.96. The van der Waals surface area contributed by atoms with Gasteiger partial charge in [-0.15, -0.1) is 0 Å². The highest BCUT2D eigenvalue weighted by atomic mass is 16.1. The second kappa shape index (κ2) is 5.97. The van der Waals surface area contributed by atoms with Crippen LogP contribution in [0, 0.1) is 0 Å². The normalized spacial score (nSPS) is 26.5. The lowest BCUT2D eigenvalue weighted by Crippen LogP contribution is -2.42. The van der Waals surface area contributed by atoms with Crippen molar-refractivity contribution in [1.29, 1.82) is 0 Å². The van der Waals surface area contributed by atoms with Crippen molar-refractivity contribution >= 4 is 11.5 Å². The van der Waals surface area contributed by atoms with Gasteiger partial charge in [0.05, 0.1) is 15.9 Å². The second-order valence-corrected chi connectivity index (χ2v) is 7.44. The van der Waals surface area contributed by atoms with Gasteiger partial charge in [-0.1, -0.05) is 0 Å². The Hall–Kier alpha value is -2.18. The summed E-state index contributed by atoms with van der Waals surface area (Å²) in [7, 11) is 0. The largest absolute Gasteiger partial charge is 0.368 e. The van der Waals surface area contributed by atoms with Crippen molar-refractivity contribution in [3.05, 3.63) is 22.8 Å². The summed E-state index contributed by atoms with van der Waals surface area (Å²) in [5, 5.41) is 12.2. The van der Waals surface area contributed by atoms with Gasteiger partial charge in [0.15, 0.2) is 5.22 Å². The molecule has 0 aromatic carbocycles. The molecule has 25 heavy (non-hydrogen) atoms. The number of carbonyl (C=O) groups excluding carboxylic acids is 1. The van der Waals surface area contributed by atoms with Gasteiger partial charge in [-0.05, 0) is 38.5 Å². The van der Waals surface area contributed by atoms with Crippen molar-refractivity contribution in [1.82, 2.24) is 19.8 Å². The summed E-state index contributed by atoms with van der Waals surface area (Å²) in [6.45, 7) is 6.02. The van der Waals surface area contributed by atoms with Crippen LogP contribution in [-0.2, 0) is 4.79 Å². The molecule has 0 N–H and O–H groups in total. The van der Waals surface area contributed by atoms with Gasteiger partial charge in [-0.25, -0.2) is 0 Å². The number of hydrogen-bond acceptors (Lipinski definition) is 7. The number of carbonyl (C=O) groups is 1. The predicted molar refractivity (Wildman–Crippen MR) is 93.5 cm³/mol. The molecule has 0 atom stereocenters. The van der Waals surface area contributed by atoms with Crippen LogP contribution >= 0.6 is 0 Å². The molecule has 0 aromatic rings. The number of likely N-dealkylation sites (tertiary alicyclic amines) is 3. The molecular weight excluding hydrogens is 316 g/mol. The Kier molecular flexibility index (Phi) is 3.60. The number of rotatable bonds is 3. The first kappa shape index (κ1) is 15.1. The smallest absolute Gasteiger partial charge is 0.308 e. The Bertz CT molecular complexity index is 716. The van der Waals surface area contributed by atoms with Crippen LogP contribution in [0.3, 0.4) is 0 Å². The van der Waals surface area contributed by atoms with Crippen molar-refractivity contribution in [3.63, 3.8) is 0 Å². The Labute approximate surface area is 147 Å². The number of nitrogens with zero attached hydrogens (tertiary/aromatic N) is 6. The first-order chi connectivity index (χ1) is 12.3. The predicted octanol–water partition coefficient (Wildman–Crippen LogP) is 1.44. The van der Waals surface area contributed by atoms with Crippen molar-refractivity contribution in [2.24, 2.45) is 10.3 Å². The van der Waals surface area contributed by atoms with Crippen LogP contribution < -0.4 is 5.10 Å². The minimum absolute atomic E-state index is 0.0201. The summed E-state index contributed by atoms with van der Waals surface area (Å²) >= 11 is 0. The summed E-state index contributed by atoms with van der Waals surface area (Å²) in [5.41, 5.74) is 4.24. The van der Waals surface area contributed by atoms with E-state index in [0.717, 1.165) is 69.2 Å². The van der Waals surface area contributed by atoms with E-state index in [0.29, 0.717) is 11.4 Å². The van der Waals surface area contributed by atoms with E-state index in [-0.39, 0.29) is 5.78 Å². The third-order valence-corrected chi connectivity index (χ3v) is 5.88. The van der Waals surface area contributed by atoms with E-state index in [1.54, 1.807) is 0 Å². The maximum atomic E-state index is 13.3. The Balaban J connectivity index is 1.70. The molecule has 0 bridgehead atoms. The zero-order chi connectivity index (χ0) is 16.8. The second-order valence-electron chi connectivity index (χ2n) is 7.44. The molecule has 1 aliphatic carbocycles. The van der Waals surface area contributed by atoms with Gasteiger partial charge in [-0.2, -0.15) is 0 Å². The third kappa shape index (κ3) is 2.32. The van der Waals surface area contributed by atoms with Crippen LogP contribution in [0.5, 0.6) is 0 Å². The fourth-order valence-corrected chi connectivity index (χ4v) is 4.68. The summed E-state index contributed by atoms with van der Waals surface area (Å²) in [5.74, 6) is 0.0201. The number of ketones is 1. The number of hydrogen-bond donors (Lipinski definition) is 0. The average Bonchev–Trinajstić information content (AvgIpc) is 3.42. The number of allylic oxidation sites excluding steroid dienone is 2. The van der Waals surface area contributed by atoms with E-state index in [2.05, 4.69) is 30.1 Å². The highest BCUT2D eigenvalue weighted by Gasteiger charge is 2.49. The van der Waals surface area contributed by atoms with Gasteiger partial charge in [-0.3, -0.25) is 4.79 Å². The van der Waals surface area contributed by atoms with Crippen LogP contribution in [0.15, 0.2) is 33.1 Å². The fourth-order valence-electron chi connectivity index (χ4n) is 4.68. The quantitative estimate of drug-likeness (QED) is 0.729. The first-order valence-electron chi connectivity index (χ1n) is 9.62. The minimum atomic E-state index is 0.0201. The van der Waals surface area contributed by atoms with E-state index in [1.165, 1.54) is 25.7 Å². The standard InChI is InChI=1S/C18H24N6O/c25-18-14-13(19-21-20-14)15(22-7-1-2-8-22)16(23-9-3-4-10-23)17(18)24-11-5-6-12-24/h1-12H2/q+1. The highest BCUT2D eigenvalue weighted by molar-refractivity contribution is 6.52. The van der Waals surface area contributed by atoms with Gasteiger partial charge < -0.3 is 14.7 Å². The van der Waals surface area contributed by atoms with Crippen molar-refractivity contribution in [2.45, 2.75) is 38.5 Å². The van der Waals surface area contributed by atoms with E-state index >= 15 is 0 Å². The van der Waals surface area contributed by atoms with Gasteiger partial charge in [0.2, 0.25) is 0 Å². The topological polar surface area (TPSA) is 65.6 Å². The van der Waals surface area contributed by atoms with Gasteiger partial charge >= 0.3 is 5.71 Å². The summed E-state index contributed by atoms with van der Waals surface area (Å²) < 4.78 is 0. The van der Waals surface area contributed by atoms with Crippen LogP contribution in [-0.4, -0.2) is 65.5 Å². The SMILES string of the molecule is O=C1C2=[N+]N=NC2=C(N2CCCC2)C(N2CCCC2)=C1N1CCCC1. The van der Waals surface area contributed by atoms with Crippen molar-refractivity contribution in [3.8, 4) is 0 Å². The maximum absolute atomic E-state index is 13.3. The van der Waals surface area contributed by atoms with Gasteiger partial charge in [0.25, 0.3) is 11.5 Å². The molecule has 4 aliphatic heterocycles. The summed E-state index contributed by atoms with van der Waals surface area (Å²) in [6, 6.07) is 0. The zero-order valence-corrected chi connectivity index (χ0v) is 14.6. The molecule has 4 heterocycles. The molecule has 131 valence electrons. The Morgan fingerprint density at radius 2 is 1.16 bits per heavy atom. The number of fused-ring (bicyclic) bond motifs is 1. The molecule has 1 radical (unpaired) electrons. The first-order valence-corrected chi connectivity index (χ1v) is 9.62. The van der Waals surface area contributed by atoms with E-state index in [4.69, 9.17) is 0 Å². The Morgan fingerprint density at radius 3 is 1.72 bits per heavy atom. The molecule has 3 fully saturated rings. The van der Waals surface area contributed by atoms with Gasteiger partial charge in [0, 0.05) is 39.3 Å². The molecule has 5 rings (SSSR count). The molecule has 0 spiro atoms.